The molecule has 0 amide bonds. The lowest BCUT2D eigenvalue weighted by molar-refractivity contribution is 0.378. The Labute approximate surface area is 83.9 Å². The van der Waals surface area contributed by atoms with E-state index < -0.39 is 0 Å². The second kappa shape index (κ2) is 5.72. The van der Waals surface area contributed by atoms with Gasteiger partial charge < -0.3 is 10.5 Å². The largest absolute Gasteiger partial charge is 0.467 e. The van der Waals surface area contributed by atoms with Gasteiger partial charge in [0.05, 0.1) is 7.11 Å². The number of hydrogen-bond donors (Lipinski definition) is 1. The van der Waals surface area contributed by atoms with Crippen molar-refractivity contribution in [2.75, 3.05) is 7.11 Å². The highest BCUT2D eigenvalue weighted by molar-refractivity contribution is 5.85. The molecule has 1 heterocycles. The average molecular weight is 204 g/mol. The molecule has 0 fully saturated rings. The fraction of sp³-hybridized carbons (Fsp3) is 0.500. The summed E-state index contributed by atoms with van der Waals surface area (Å²) in [5.41, 5.74) is 6.71. The van der Waals surface area contributed by atoms with E-state index in [1.165, 1.54) is 7.11 Å². The number of rotatable bonds is 3. The minimum absolute atomic E-state index is 0. The maximum absolute atomic E-state index is 5.76. The van der Waals surface area contributed by atoms with Gasteiger partial charge in [-0.05, 0) is 6.42 Å². The van der Waals surface area contributed by atoms with Gasteiger partial charge in [0, 0.05) is 24.0 Å². The summed E-state index contributed by atoms with van der Waals surface area (Å²) < 4.78 is 4.82. The average Bonchev–Trinajstić information content (AvgIpc) is 2.17. The van der Waals surface area contributed by atoms with Crippen LogP contribution in [0.2, 0.25) is 0 Å². The molecule has 5 heteroatoms. The first-order valence-corrected chi connectivity index (χ1v) is 3.89. The van der Waals surface area contributed by atoms with Gasteiger partial charge >= 0.3 is 6.01 Å². The minimum Gasteiger partial charge on any atom is -0.467 e. The van der Waals surface area contributed by atoms with Gasteiger partial charge in [-0.25, -0.2) is 9.97 Å². The summed E-state index contributed by atoms with van der Waals surface area (Å²) in [7, 11) is 1.54. The van der Waals surface area contributed by atoms with Gasteiger partial charge in [-0.1, -0.05) is 6.92 Å². The lowest BCUT2D eigenvalue weighted by Crippen LogP contribution is -2.09. The highest BCUT2D eigenvalue weighted by Crippen LogP contribution is 2.11. The van der Waals surface area contributed by atoms with Crippen LogP contribution < -0.4 is 10.5 Å². The number of nitrogens with two attached hydrogens (primary N) is 1. The SMILES string of the molecule is CCC(N)c1cnc(OC)nc1.Cl. The maximum Gasteiger partial charge on any atom is 0.316 e. The summed E-state index contributed by atoms with van der Waals surface area (Å²) in [5.74, 6) is 0. The lowest BCUT2D eigenvalue weighted by atomic mass is 10.1. The standard InChI is InChI=1S/C8H13N3O.ClH/c1-3-7(9)6-4-10-8(12-2)11-5-6;/h4-5,7H,3,9H2,1-2H3;1H. The summed E-state index contributed by atoms with van der Waals surface area (Å²) in [6.45, 7) is 2.02. The van der Waals surface area contributed by atoms with E-state index in [1.807, 2.05) is 6.92 Å². The molecule has 0 radical (unpaired) electrons. The van der Waals surface area contributed by atoms with Crippen LogP contribution in [-0.4, -0.2) is 17.1 Å². The molecule has 1 atom stereocenters. The Morgan fingerprint density at radius 2 is 2.00 bits per heavy atom. The quantitative estimate of drug-likeness (QED) is 0.805. The Kier molecular flexibility index (Phi) is 5.34. The van der Waals surface area contributed by atoms with Crippen molar-refractivity contribution in [1.82, 2.24) is 9.97 Å². The van der Waals surface area contributed by atoms with E-state index in [4.69, 9.17) is 10.5 Å². The molecule has 0 saturated heterocycles. The van der Waals surface area contributed by atoms with Crippen LogP contribution in [0.5, 0.6) is 6.01 Å². The van der Waals surface area contributed by atoms with Crippen LogP contribution in [0, 0.1) is 0 Å². The molecule has 1 aromatic rings. The van der Waals surface area contributed by atoms with Crippen LogP contribution in [0.4, 0.5) is 0 Å². The minimum atomic E-state index is 0. The first-order valence-electron chi connectivity index (χ1n) is 3.89. The van der Waals surface area contributed by atoms with Crippen molar-refractivity contribution < 1.29 is 4.74 Å². The molecule has 0 aliphatic rings. The third kappa shape index (κ3) is 3.16. The van der Waals surface area contributed by atoms with Gasteiger partial charge in [-0.2, -0.15) is 0 Å². The third-order valence-corrected chi connectivity index (χ3v) is 1.70. The summed E-state index contributed by atoms with van der Waals surface area (Å²) in [5, 5.41) is 0. The van der Waals surface area contributed by atoms with Gasteiger partial charge in [-0.3, -0.25) is 0 Å². The van der Waals surface area contributed by atoms with E-state index in [9.17, 15) is 0 Å². The summed E-state index contributed by atoms with van der Waals surface area (Å²) >= 11 is 0. The molecule has 1 unspecified atom stereocenters. The molecule has 2 N–H and O–H groups in total. The molecule has 1 rings (SSSR count). The van der Waals surface area contributed by atoms with Gasteiger partial charge in [0.1, 0.15) is 0 Å². The highest BCUT2D eigenvalue weighted by atomic mass is 35.5. The Balaban J connectivity index is 0.00000144. The van der Waals surface area contributed by atoms with Gasteiger partial charge in [0.25, 0.3) is 0 Å². The highest BCUT2D eigenvalue weighted by Gasteiger charge is 2.03. The van der Waals surface area contributed by atoms with Crippen molar-refractivity contribution in [2.45, 2.75) is 19.4 Å². The van der Waals surface area contributed by atoms with E-state index in [0.29, 0.717) is 6.01 Å². The third-order valence-electron chi connectivity index (χ3n) is 1.70. The molecule has 0 aliphatic carbocycles. The first kappa shape index (κ1) is 12.1. The van der Waals surface area contributed by atoms with Crippen molar-refractivity contribution in [3.8, 4) is 6.01 Å². The van der Waals surface area contributed by atoms with Crippen molar-refractivity contribution in [3.05, 3.63) is 18.0 Å². The first-order chi connectivity index (χ1) is 5.77. The topological polar surface area (TPSA) is 61.0 Å². The van der Waals surface area contributed by atoms with Gasteiger partial charge in [0.15, 0.2) is 0 Å². The number of ether oxygens (including phenoxy) is 1. The van der Waals surface area contributed by atoms with E-state index >= 15 is 0 Å². The van der Waals surface area contributed by atoms with Crippen LogP contribution >= 0.6 is 12.4 Å². The fourth-order valence-corrected chi connectivity index (χ4v) is 0.859. The maximum atomic E-state index is 5.76. The summed E-state index contributed by atoms with van der Waals surface area (Å²) in [6, 6.07) is 0.401. The summed E-state index contributed by atoms with van der Waals surface area (Å²) in [6.07, 6.45) is 4.27. The Morgan fingerprint density at radius 3 is 2.38 bits per heavy atom. The zero-order valence-electron chi connectivity index (χ0n) is 7.73. The Morgan fingerprint density at radius 1 is 1.46 bits per heavy atom. The van der Waals surface area contributed by atoms with Crippen LogP contribution in [0.3, 0.4) is 0 Å². The Hall–Kier alpha value is -0.870. The van der Waals surface area contributed by atoms with E-state index in [0.717, 1.165) is 12.0 Å². The fourth-order valence-electron chi connectivity index (χ4n) is 0.859. The molecule has 0 aromatic carbocycles. The van der Waals surface area contributed by atoms with Crippen LogP contribution in [0.25, 0.3) is 0 Å². The predicted molar refractivity (Wildman–Crippen MR) is 53.1 cm³/mol. The van der Waals surface area contributed by atoms with Crippen LogP contribution in [0.1, 0.15) is 24.9 Å². The molecular weight excluding hydrogens is 190 g/mol. The molecular formula is C8H14ClN3O. The van der Waals surface area contributed by atoms with Crippen LogP contribution in [0.15, 0.2) is 12.4 Å². The molecule has 0 spiro atoms. The molecule has 0 saturated carbocycles. The van der Waals surface area contributed by atoms with Gasteiger partial charge in [0.2, 0.25) is 0 Å². The molecule has 74 valence electrons. The van der Waals surface area contributed by atoms with E-state index in [1.54, 1.807) is 12.4 Å². The Bertz CT molecular complexity index is 240. The normalized spacial score (nSPS) is 11.6. The smallest absolute Gasteiger partial charge is 0.316 e. The second-order valence-corrected chi connectivity index (χ2v) is 2.52. The predicted octanol–water partition coefficient (Wildman–Crippen LogP) is 1.32. The number of hydrogen-bond acceptors (Lipinski definition) is 4. The number of halogens is 1. The number of nitrogens with zero attached hydrogens (tertiary/aromatic N) is 2. The van der Waals surface area contributed by atoms with E-state index in [-0.39, 0.29) is 18.4 Å². The molecule has 13 heavy (non-hydrogen) atoms. The van der Waals surface area contributed by atoms with Crippen molar-refractivity contribution >= 4 is 12.4 Å². The van der Waals surface area contributed by atoms with Gasteiger partial charge in [-0.15, -0.1) is 12.4 Å². The van der Waals surface area contributed by atoms with Crippen molar-refractivity contribution in [1.29, 1.82) is 0 Å². The van der Waals surface area contributed by atoms with Crippen LogP contribution in [-0.2, 0) is 0 Å². The van der Waals surface area contributed by atoms with Crippen molar-refractivity contribution in [2.24, 2.45) is 5.73 Å². The molecule has 4 nitrogen and oxygen atoms in total. The summed E-state index contributed by atoms with van der Waals surface area (Å²) in [4.78, 5) is 7.91. The molecule has 1 aromatic heterocycles. The monoisotopic (exact) mass is 203 g/mol. The van der Waals surface area contributed by atoms with Crippen molar-refractivity contribution in [3.63, 3.8) is 0 Å². The molecule has 0 aliphatic heterocycles. The lowest BCUT2D eigenvalue weighted by Gasteiger charge is -2.07. The number of methoxy groups -OCH3 is 1. The second-order valence-electron chi connectivity index (χ2n) is 2.52. The van der Waals surface area contributed by atoms with E-state index in [2.05, 4.69) is 9.97 Å². The number of aromatic nitrogens is 2. The zero-order chi connectivity index (χ0) is 8.97. The molecule has 0 bridgehead atoms. The zero-order valence-corrected chi connectivity index (χ0v) is 8.54.